The van der Waals surface area contributed by atoms with E-state index in [-0.39, 0.29) is 29.7 Å². The van der Waals surface area contributed by atoms with Gasteiger partial charge in [0.15, 0.2) is 16.1 Å². The molecular weight excluding hydrogens is 360 g/mol. The molecule has 0 N–H and O–H groups in total. The van der Waals surface area contributed by atoms with Gasteiger partial charge in [0.2, 0.25) is 5.91 Å². The third-order valence-electron chi connectivity index (χ3n) is 5.44. The number of carbonyl (C=O) groups is 1. The number of sulfone groups is 1. The van der Waals surface area contributed by atoms with E-state index >= 15 is 0 Å². The van der Waals surface area contributed by atoms with Gasteiger partial charge in [0.1, 0.15) is 0 Å². The molecule has 3 aliphatic heterocycles. The molecule has 1 amide bonds. The summed E-state index contributed by atoms with van der Waals surface area (Å²) < 4.78 is 40.0. The van der Waals surface area contributed by atoms with Crippen LogP contribution in [-0.4, -0.2) is 101 Å². The highest BCUT2D eigenvalue weighted by Crippen LogP contribution is 2.25. The molecule has 150 valence electrons. The van der Waals surface area contributed by atoms with E-state index in [1.807, 2.05) is 0 Å². The molecule has 2 atom stereocenters. The zero-order valence-electron chi connectivity index (χ0n) is 15.5. The summed E-state index contributed by atoms with van der Waals surface area (Å²) in [4.78, 5) is 16.8. The van der Waals surface area contributed by atoms with E-state index in [0.717, 1.165) is 25.9 Å². The van der Waals surface area contributed by atoms with Crippen molar-refractivity contribution in [3.8, 4) is 0 Å². The standard InChI is InChI=1S/C17H30N2O6S/c1-23-7-6-19(15-4-10-26(21,22)13-15)16(20)12-18-5-2-3-14(11-18)17-24-8-9-25-17/h14-15,17H,2-13H2,1H3. The molecule has 2 unspecified atom stereocenters. The lowest BCUT2D eigenvalue weighted by Crippen LogP contribution is -2.50. The Balaban J connectivity index is 1.57. The minimum absolute atomic E-state index is 0.0157. The summed E-state index contributed by atoms with van der Waals surface area (Å²) in [5.74, 6) is 0.502. The summed E-state index contributed by atoms with van der Waals surface area (Å²) in [6, 6.07) is -0.232. The van der Waals surface area contributed by atoms with Crippen LogP contribution in [0.25, 0.3) is 0 Å². The second-order valence-corrected chi connectivity index (χ2v) is 9.61. The molecule has 9 heteroatoms. The summed E-state index contributed by atoms with van der Waals surface area (Å²) in [7, 11) is -1.45. The van der Waals surface area contributed by atoms with Crippen LogP contribution in [0.2, 0.25) is 0 Å². The van der Waals surface area contributed by atoms with Gasteiger partial charge in [0.05, 0.1) is 37.9 Å². The molecule has 26 heavy (non-hydrogen) atoms. The number of likely N-dealkylation sites (tertiary alicyclic amines) is 1. The molecule has 0 saturated carbocycles. The second kappa shape index (κ2) is 8.97. The van der Waals surface area contributed by atoms with Gasteiger partial charge in [-0.3, -0.25) is 9.69 Å². The van der Waals surface area contributed by atoms with Crippen molar-refractivity contribution >= 4 is 15.7 Å². The first kappa shape index (κ1) is 20.0. The van der Waals surface area contributed by atoms with Gasteiger partial charge in [0.25, 0.3) is 0 Å². The number of rotatable bonds is 7. The molecule has 0 bridgehead atoms. The zero-order valence-corrected chi connectivity index (χ0v) is 16.3. The van der Waals surface area contributed by atoms with E-state index in [4.69, 9.17) is 14.2 Å². The number of hydrogen-bond acceptors (Lipinski definition) is 7. The predicted molar refractivity (Wildman–Crippen MR) is 95.5 cm³/mol. The summed E-state index contributed by atoms with van der Waals surface area (Å²) >= 11 is 0. The Morgan fingerprint density at radius 3 is 2.69 bits per heavy atom. The smallest absolute Gasteiger partial charge is 0.237 e. The first-order valence-electron chi connectivity index (χ1n) is 9.43. The molecule has 0 aromatic heterocycles. The largest absolute Gasteiger partial charge is 0.383 e. The highest BCUT2D eigenvalue weighted by Gasteiger charge is 2.36. The average Bonchev–Trinajstić information content (AvgIpc) is 3.25. The summed E-state index contributed by atoms with van der Waals surface area (Å²) in [5.41, 5.74) is 0. The number of nitrogens with zero attached hydrogens (tertiary/aromatic N) is 2. The summed E-state index contributed by atoms with van der Waals surface area (Å²) in [5, 5.41) is 0. The molecule has 3 rings (SSSR count). The van der Waals surface area contributed by atoms with E-state index in [1.54, 1.807) is 12.0 Å². The lowest BCUT2D eigenvalue weighted by molar-refractivity contribution is -0.137. The van der Waals surface area contributed by atoms with E-state index in [0.29, 0.717) is 45.2 Å². The van der Waals surface area contributed by atoms with Crippen LogP contribution in [0.1, 0.15) is 19.3 Å². The highest BCUT2D eigenvalue weighted by molar-refractivity contribution is 7.91. The maximum Gasteiger partial charge on any atom is 0.237 e. The van der Waals surface area contributed by atoms with E-state index in [1.165, 1.54) is 0 Å². The first-order valence-corrected chi connectivity index (χ1v) is 11.2. The number of methoxy groups -OCH3 is 1. The van der Waals surface area contributed by atoms with Crippen molar-refractivity contribution in [2.45, 2.75) is 31.6 Å². The third-order valence-corrected chi connectivity index (χ3v) is 7.19. The van der Waals surface area contributed by atoms with Crippen LogP contribution in [0.15, 0.2) is 0 Å². The SMILES string of the molecule is COCCN(C(=O)CN1CCCC(C2OCCO2)C1)C1CCS(=O)(=O)C1. The lowest BCUT2D eigenvalue weighted by Gasteiger charge is -2.36. The highest BCUT2D eigenvalue weighted by atomic mass is 32.2. The Hall–Kier alpha value is -0.740. The summed E-state index contributed by atoms with van der Waals surface area (Å²) in [6.45, 7) is 4.08. The molecule has 0 spiro atoms. The molecular formula is C17H30N2O6S. The van der Waals surface area contributed by atoms with Gasteiger partial charge in [-0.25, -0.2) is 8.42 Å². The Labute approximate surface area is 155 Å². The van der Waals surface area contributed by atoms with Crippen molar-refractivity contribution in [2.75, 3.05) is 64.6 Å². The van der Waals surface area contributed by atoms with Crippen LogP contribution in [0.4, 0.5) is 0 Å². The van der Waals surface area contributed by atoms with Gasteiger partial charge in [-0.2, -0.15) is 0 Å². The number of carbonyl (C=O) groups excluding carboxylic acids is 1. The lowest BCUT2D eigenvalue weighted by atomic mass is 9.97. The predicted octanol–water partition coefficient (Wildman–Crippen LogP) is -0.267. The monoisotopic (exact) mass is 390 g/mol. The normalized spacial score (nSPS) is 29.9. The minimum Gasteiger partial charge on any atom is -0.383 e. The molecule has 3 saturated heterocycles. The van der Waals surface area contributed by atoms with Crippen LogP contribution >= 0.6 is 0 Å². The maximum absolute atomic E-state index is 12.9. The molecule has 0 aromatic carbocycles. The minimum atomic E-state index is -3.03. The van der Waals surface area contributed by atoms with Crippen LogP contribution in [-0.2, 0) is 28.8 Å². The summed E-state index contributed by atoms with van der Waals surface area (Å²) in [6.07, 6.45) is 2.42. The van der Waals surface area contributed by atoms with Crippen molar-refractivity contribution in [3.05, 3.63) is 0 Å². The molecule has 8 nitrogen and oxygen atoms in total. The number of ether oxygens (including phenoxy) is 3. The van der Waals surface area contributed by atoms with Crippen LogP contribution in [0.3, 0.4) is 0 Å². The Morgan fingerprint density at radius 1 is 1.27 bits per heavy atom. The fraction of sp³-hybridized carbons (Fsp3) is 0.941. The molecule has 0 aromatic rings. The molecule has 0 radical (unpaired) electrons. The van der Waals surface area contributed by atoms with E-state index < -0.39 is 9.84 Å². The van der Waals surface area contributed by atoms with Crippen LogP contribution in [0, 0.1) is 5.92 Å². The third kappa shape index (κ3) is 5.16. The van der Waals surface area contributed by atoms with Crippen LogP contribution in [0.5, 0.6) is 0 Å². The fourth-order valence-corrected chi connectivity index (χ4v) is 5.84. The number of hydrogen-bond donors (Lipinski definition) is 0. The first-order chi connectivity index (χ1) is 12.5. The second-order valence-electron chi connectivity index (χ2n) is 7.38. The van der Waals surface area contributed by atoms with Gasteiger partial charge >= 0.3 is 0 Å². The van der Waals surface area contributed by atoms with Crippen molar-refractivity contribution in [1.82, 2.24) is 9.80 Å². The van der Waals surface area contributed by atoms with E-state index in [2.05, 4.69) is 4.90 Å². The Kier molecular flexibility index (Phi) is 6.90. The fourth-order valence-electron chi connectivity index (χ4n) is 4.11. The van der Waals surface area contributed by atoms with Gasteiger partial charge in [0, 0.05) is 32.2 Å². The molecule has 3 aliphatic rings. The topological polar surface area (TPSA) is 85.4 Å². The molecule has 3 heterocycles. The van der Waals surface area contributed by atoms with Gasteiger partial charge in [-0.15, -0.1) is 0 Å². The quantitative estimate of drug-likeness (QED) is 0.592. The van der Waals surface area contributed by atoms with Gasteiger partial charge in [-0.1, -0.05) is 0 Å². The molecule has 3 fully saturated rings. The van der Waals surface area contributed by atoms with E-state index in [9.17, 15) is 13.2 Å². The number of piperidine rings is 1. The van der Waals surface area contributed by atoms with Crippen molar-refractivity contribution in [1.29, 1.82) is 0 Å². The zero-order chi connectivity index (χ0) is 18.6. The van der Waals surface area contributed by atoms with Gasteiger partial charge in [-0.05, 0) is 25.8 Å². The molecule has 0 aliphatic carbocycles. The van der Waals surface area contributed by atoms with Crippen molar-refractivity contribution in [2.24, 2.45) is 5.92 Å². The maximum atomic E-state index is 12.9. The van der Waals surface area contributed by atoms with Gasteiger partial charge < -0.3 is 19.1 Å². The Bertz CT molecular complexity index is 578. The Morgan fingerprint density at radius 2 is 2.04 bits per heavy atom. The average molecular weight is 391 g/mol. The van der Waals surface area contributed by atoms with Crippen molar-refractivity contribution in [3.63, 3.8) is 0 Å². The van der Waals surface area contributed by atoms with Crippen LogP contribution < -0.4 is 0 Å². The number of amides is 1. The van der Waals surface area contributed by atoms with Crippen molar-refractivity contribution < 1.29 is 27.4 Å².